The maximum absolute atomic E-state index is 13.0. The van der Waals surface area contributed by atoms with Crippen molar-refractivity contribution in [1.82, 2.24) is 4.90 Å². The first-order chi connectivity index (χ1) is 6.73. The van der Waals surface area contributed by atoms with Gasteiger partial charge in [-0.05, 0) is 27.2 Å². The molecule has 2 atom stereocenters. The van der Waals surface area contributed by atoms with E-state index in [2.05, 4.69) is 0 Å². The van der Waals surface area contributed by atoms with Gasteiger partial charge in [-0.1, -0.05) is 0 Å². The molecule has 0 aromatic carbocycles. The fourth-order valence-electron chi connectivity index (χ4n) is 2.09. The normalized spacial score (nSPS) is 32.5. The summed E-state index contributed by atoms with van der Waals surface area (Å²) in [6.07, 6.45) is -0.233. The zero-order valence-electron chi connectivity index (χ0n) is 9.09. The molecule has 0 unspecified atom stereocenters. The van der Waals surface area contributed by atoms with Crippen molar-refractivity contribution in [3.63, 3.8) is 0 Å². The summed E-state index contributed by atoms with van der Waals surface area (Å²) in [4.78, 5) is 12.7. The number of alkyl halides is 2. The molecule has 1 saturated carbocycles. The first kappa shape index (κ1) is 10.6. The minimum absolute atomic E-state index is 0.386. The Morgan fingerprint density at radius 3 is 2.47 bits per heavy atom. The van der Waals surface area contributed by atoms with Crippen LogP contribution in [0.1, 0.15) is 27.2 Å². The summed E-state index contributed by atoms with van der Waals surface area (Å²) in [5.41, 5.74) is -0.626. The van der Waals surface area contributed by atoms with Crippen molar-refractivity contribution in [2.75, 3.05) is 6.54 Å². The van der Waals surface area contributed by atoms with Gasteiger partial charge in [0.05, 0.1) is 5.92 Å². The second kappa shape index (κ2) is 2.83. The molecule has 1 aliphatic carbocycles. The number of likely N-dealkylation sites (tertiary alicyclic amines) is 1. The number of halogens is 2. The van der Waals surface area contributed by atoms with Crippen molar-refractivity contribution >= 4 is 6.09 Å². The van der Waals surface area contributed by atoms with Crippen molar-refractivity contribution in [3.05, 3.63) is 0 Å². The number of carbonyl (C=O) groups is 1. The molecule has 0 radical (unpaired) electrons. The lowest BCUT2D eigenvalue weighted by molar-refractivity contribution is 0.00508. The molecule has 15 heavy (non-hydrogen) atoms. The third-order valence-corrected chi connectivity index (χ3v) is 2.81. The van der Waals surface area contributed by atoms with Crippen molar-refractivity contribution in [3.8, 4) is 0 Å². The average molecular weight is 219 g/mol. The molecule has 0 bridgehead atoms. The lowest BCUT2D eigenvalue weighted by atomic mass is 10.2. The van der Waals surface area contributed by atoms with Gasteiger partial charge in [-0.25, -0.2) is 13.6 Å². The van der Waals surface area contributed by atoms with E-state index < -0.39 is 29.6 Å². The van der Waals surface area contributed by atoms with Crippen molar-refractivity contribution < 1.29 is 18.3 Å². The fourth-order valence-corrected chi connectivity index (χ4v) is 2.09. The number of piperidine rings is 1. The lowest BCUT2D eigenvalue weighted by Gasteiger charge is -2.25. The maximum Gasteiger partial charge on any atom is 0.410 e. The van der Waals surface area contributed by atoms with Crippen LogP contribution in [0.25, 0.3) is 0 Å². The SMILES string of the molecule is CC(C)(C)OC(=O)N1CC[C@@H]2[C@@H]1C2(F)F. The summed E-state index contributed by atoms with van der Waals surface area (Å²) in [6, 6.07) is -0.910. The van der Waals surface area contributed by atoms with Gasteiger partial charge in [0.1, 0.15) is 11.6 Å². The van der Waals surface area contributed by atoms with E-state index in [1.807, 2.05) is 0 Å². The van der Waals surface area contributed by atoms with Crippen LogP contribution < -0.4 is 0 Å². The number of ether oxygens (including phenoxy) is 1. The summed E-state index contributed by atoms with van der Waals surface area (Å²) < 4.78 is 31.1. The number of nitrogens with zero attached hydrogens (tertiary/aromatic N) is 1. The molecular weight excluding hydrogens is 204 g/mol. The predicted molar refractivity (Wildman–Crippen MR) is 49.8 cm³/mol. The Labute approximate surface area is 87.4 Å². The molecule has 3 nitrogen and oxygen atoms in total. The standard InChI is InChI=1S/C10H15F2NO2/c1-9(2,3)15-8(14)13-5-4-6-7(13)10(6,11)12/h6-7H,4-5H2,1-3H3/t6-,7-/m1/s1. The molecule has 2 fully saturated rings. The first-order valence-electron chi connectivity index (χ1n) is 5.11. The number of carbonyl (C=O) groups excluding carboxylic acids is 1. The van der Waals surface area contributed by atoms with E-state index in [1.54, 1.807) is 20.8 Å². The Balaban J connectivity index is 1.99. The van der Waals surface area contributed by atoms with E-state index in [0.717, 1.165) is 4.90 Å². The van der Waals surface area contributed by atoms with E-state index in [0.29, 0.717) is 13.0 Å². The highest BCUT2D eigenvalue weighted by atomic mass is 19.3. The van der Waals surface area contributed by atoms with Crippen LogP contribution in [0, 0.1) is 5.92 Å². The average Bonchev–Trinajstić information content (AvgIpc) is 2.42. The van der Waals surface area contributed by atoms with Crippen molar-refractivity contribution in [2.24, 2.45) is 5.92 Å². The zero-order chi connectivity index (χ0) is 11.4. The number of fused-ring (bicyclic) bond motifs is 1. The Bertz CT molecular complexity index is 298. The summed E-state index contributed by atoms with van der Waals surface area (Å²) in [5, 5.41) is 0. The number of hydrogen-bond acceptors (Lipinski definition) is 2. The van der Waals surface area contributed by atoms with Crippen molar-refractivity contribution in [2.45, 2.75) is 44.8 Å². The fraction of sp³-hybridized carbons (Fsp3) is 0.900. The van der Waals surface area contributed by atoms with Crippen LogP contribution in [-0.4, -0.2) is 35.1 Å². The van der Waals surface area contributed by atoms with Gasteiger partial charge in [0.2, 0.25) is 0 Å². The van der Waals surface area contributed by atoms with Gasteiger partial charge in [-0.3, -0.25) is 4.90 Å². The van der Waals surface area contributed by atoms with Gasteiger partial charge in [0, 0.05) is 6.54 Å². The molecule has 0 N–H and O–H groups in total. The minimum Gasteiger partial charge on any atom is -0.444 e. The Morgan fingerprint density at radius 1 is 1.47 bits per heavy atom. The molecule has 1 heterocycles. The van der Waals surface area contributed by atoms with E-state index in [4.69, 9.17) is 4.74 Å². The number of hydrogen-bond donors (Lipinski definition) is 0. The monoisotopic (exact) mass is 219 g/mol. The van der Waals surface area contributed by atoms with E-state index >= 15 is 0 Å². The molecule has 0 aromatic heterocycles. The Hall–Kier alpha value is -0.870. The minimum atomic E-state index is -2.69. The quantitative estimate of drug-likeness (QED) is 0.625. The van der Waals surface area contributed by atoms with Crippen LogP contribution in [0.5, 0.6) is 0 Å². The van der Waals surface area contributed by atoms with Gasteiger partial charge in [0.25, 0.3) is 5.92 Å². The van der Waals surface area contributed by atoms with E-state index in [9.17, 15) is 13.6 Å². The molecule has 86 valence electrons. The predicted octanol–water partition coefficient (Wildman–Crippen LogP) is 2.26. The molecular formula is C10H15F2NO2. The van der Waals surface area contributed by atoms with E-state index in [-0.39, 0.29) is 0 Å². The van der Waals surface area contributed by atoms with Crippen LogP contribution in [0.15, 0.2) is 0 Å². The third-order valence-electron chi connectivity index (χ3n) is 2.81. The molecule has 1 saturated heterocycles. The van der Waals surface area contributed by atoms with Crippen LogP contribution in [0.3, 0.4) is 0 Å². The largest absolute Gasteiger partial charge is 0.444 e. The van der Waals surface area contributed by atoms with Gasteiger partial charge in [-0.2, -0.15) is 0 Å². The maximum atomic E-state index is 13.0. The number of amides is 1. The van der Waals surface area contributed by atoms with Gasteiger partial charge >= 0.3 is 6.09 Å². The molecule has 0 aromatic rings. The van der Waals surface area contributed by atoms with Crippen LogP contribution in [-0.2, 0) is 4.74 Å². The van der Waals surface area contributed by atoms with Crippen LogP contribution in [0.4, 0.5) is 13.6 Å². The van der Waals surface area contributed by atoms with Crippen LogP contribution in [0.2, 0.25) is 0 Å². The molecule has 1 amide bonds. The number of rotatable bonds is 0. The summed E-state index contributed by atoms with van der Waals surface area (Å²) in [5.74, 6) is -3.32. The molecule has 5 heteroatoms. The second-order valence-corrected chi connectivity index (χ2v) is 5.19. The summed E-state index contributed by atoms with van der Waals surface area (Å²) in [7, 11) is 0. The lowest BCUT2D eigenvalue weighted by Crippen LogP contribution is -2.39. The van der Waals surface area contributed by atoms with Crippen molar-refractivity contribution in [1.29, 1.82) is 0 Å². The Morgan fingerprint density at radius 2 is 2.07 bits per heavy atom. The zero-order valence-corrected chi connectivity index (χ0v) is 9.09. The molecule has 2 aliphatic rings. The highest BCUT2D eigenvalue weighted by Crippen LogP contribution is 2.58. The second-order valence-electron chi connectivity index (χ2n) is 5.19. The first-order valence-corrected chi connectivity index (χ1v) is 5.11. The Kier molecular flexibility index (Phi) is 2.01. The molecule has 1 aliphatic heterocycles. The smallest absolute Gasteiger partial charge is 0.410 e. The summed E-state index contributed by atoms with van der Waals surface area (Å²) in [6.45, 7) is 5.57. The van der Waals surface area contributed by atoms with Gasteiger partial charge < -0.3 is 4.74 Å². The molecule has 2 rings (SSSR count). The van der Waals surface area contributed by atoms with Gasteiger partial charge in [0.15, 0.2) is 0 Å². The third kappa shape index (κ3) is 1.68. The van der Waals surface area contributed by atoms with Gasteiger partial charge in [-0.15, -0.1) is 0 Å². The van der Waals surface area contributed by atoms with E-state index in [1.165, 1.54) is 0 Å². The van der Waals surface area contributed by atoms with Crippen LogP contribution >= 0.6 is 0 Å². The molecule has 0 spiro atoms. The summed E-state index contributed by atoms with van der Waals surface area (Å²) >= 11 is 0. The highest BCUT2D eigenvalue weighted by molar-refractivity contribution is 5.70. The topological polar surface area (TPSA) is 29.5 Å². The highest BCUT2D eigenvalue weighted by Gasteiger charge is 2.74.